The van der Waals surface area contributed by atoms with Gasteiger partial charge in [0.2, 0.25) is 0 Å². The number of benzene rings is 1. The lowest BCUT2D eigenvalue weighted by atomic mass is 9.33. The Labute approximate surface area is 257 Å². The molecule has 2 aromatic rings. The molecule has 9 atom stereocenters. The monoisotopic (exact) mass is 588 g/mol. The van der Waals surface area contributed by atoms with E-state index in [4.69, 9.17) is 16.7 Å². The van der Waals surface area contributed by atoms with E-state index in [0.717, 1.165) is 49.2 Å². The summed E-state index contributed by atoms with van der Waals surface area (Å²) in [5, 5.41) is 16.4. The number of nitrogens with zero attached hydrogens (tertiary/aromatic N) is 2. The van der Waals surface area contributed by atoms with Crippen LogP contribution in [0, 0.1) is 51.2 Å². The van der Waals surface area contributed by atoms with Gasteiger partial charge in [-0.25, -0.2) is 4.68 Å². The summed E-state index contributed by atoms with van der Waals surface area (Å²) in [6.07, 6.45) is 12.9. The summed E-state index contributed by atoms with van der Waals surface area (Å²) in [5.74, 6) is 1.67. The van der Waals surface area contributed by atoms with Gasteiger partial charge in [-0.3, -0.25) is 4.79 Å². The Kier molecular flexibility index (Phi) is 6.14. The third-order valence-electron chi connectivity index (χ3n) is 14.6. The van der Waals surface area contributed by atoms with Crippen molar-refractivity contribution >= 4 is 17.6 Å². The van der Waals surface area contributed by atoms with E-state index in [0.29, 0.717) is 23.7 Å². The van der Waals surface area contributed by atoms with Crippen molar-refractivity contribution in [2.24, 2.45) is 51.2 Å². The Hall–Kier alpha value is -2.07. The SMILES string of the molecule is C[C@@H]1CC[C@]2(C(=O)O)CC[C@]3(C)C(=CC[C@@H]4[C@@]5(C)Cc6cnn(-c7cccc(Cl)c7)c6C(C)(C)C5CC[C@]43C)C2[C@H]1C. The van der Waals surface area contributed by atoms with Gasteiger partial charge in [0.05, 0.1) is 23.0 Å². The largest absolute Gasteiger partial charge is 0.481 e. The van der Waals surface area contributed by atoms with Crippen LogP contribution in [0.15, 0.2) is 42.1 Å². The Morgan fingerprint density at radius 2 is 1.79 bits per heavy atom. The molecule has 0 radical (unpaired) electrons. The van der Waals surface area contributed by atoms with Crippen molar-refractivity contribution in [2.75, 3.05) is 0 Å². The van der Waals surface area contributed by atoms with Crippen LogP contribution in [-0.2, 0) is 16.6 Å². The third-order valence-corrected chi connectivity index (χ3v) is 14.9. The van der Waals surface area contributed by atoms with Crippen LogP contribution in [0.2, 0.25) is 5.02 Å². The Morgan fingerprint density at radius 3 is 2.50 bits per heavy atom. The lowest BCUT2D eigenvalue weighted by molar-refractivity contribution is -0.179. The molecule has 1 aromatic carbocycles. The van der Waals surface area contributed by atoms with E-state index < -0.39 is 11.4 Å². The van der Waals surface area contributed by atoms with E-state index in [2.05, 4.69) is 71.5 Å². The van der Waals surface area contributed by atoms with E-state index in [1.54, 1.807) is 0 Å². The summed E-state index contributed by atoms with van der Waals surface area (Å²) in [4.78, 5) is 13.0. The van der Waals surface area contributed by atoms with Gasteiger partial charge in [-0.15, -0.1) is 0 Å². The molecule has 1 N–H and O–H groups in total. The van der Waals surface area contributed by atoms with Gasteiger partial charge in [0.1, 0.15) is 0 Å². The van der Waals surface area contributed by atoms with Gasteiger partial charge < -0.3 is 5.11 Å². The zero-order valence-electron chi connectivity index (χ0n) is 26.6. The Morgan fingerprint density at radius 1 is 1.02 bits per heavy atom. The predicted molar refractivity (Wildman–Crippen MR) is 169 cm³/mol. The minimum atomic E-state index is -0.585. The zero-order chi connectivity index (χ0) is 30.0. The van der Waals surface area contributed by atoms with Gasteiger partial charge in [-0.2, -0.15) is 5.10 Å². The summed E-state index contributed by atoms with van der Waals surface area (Å²) in [6, 6.07) is 8.08. The molecule has 1 heterocycles. The van der Waals surface area contributed by atoms with Gasteiger partial charge in [-0.05, 0) is 121 Å². The number of carboxylic acid groups (broad SMARTS) is 1. The second-order valence-electron chi connectivity index (χ2n) is 16.4. The number of carboxylic acids is 1. The highest BCUT2D eigenvalue weighted by Crippen LogP contribution is 2.75. The number of hydrogen-bond donors (Lipinski definition) is 1. The van der Waals surface area contributed by atoms with Crippen LogP contribution >= 0.6 is 11.6 Å². The normalized spacial score (nSPS) is 43.6. The minimum Gasteiger partial charge on any atom is -0.481 e. The summed E-state index contributed by atoms with van der Waals surface area (Å²) >= 11 is 6.42. The summed E-state index contributed by atoms with van der Waals surface area (Å²) < 4.78 is 2.16. The molecule has 226 valence electrons. The van der Waals surface area contributed by atoms with Gasteiger partial charge in [0.15, 0.2) is 0 Å². The quantitative estimate of drug-likeness (QED) is 0.356. The minimum absolute atomic E-state index is 0.0359. The van der Waals surface area contributed by atoms with Gasteiger partial charge >= 0.3 is 5.97 Å². The van der Waals surface area contributed by atoms with Crippen LogP contribution in [0.1, 0.15) is 105 Å². The second kappa shape index (κ2) is 8.99. The van der Waals surface area contributed by atoms with Gasteiger partial charge in [0, 0.05) is 10.4 Å². The van der Waals surface area contributed by atoms with E-state index >= 15 is 0 Å². The van der Waals surface area contributed by atoms with Crippen molar-refractivity contribution in [1.29, 1.82) is 0 Å². The van der Waals surface area contributed by atoms with E-state index in [-0.39, 0.29) is 27.6 Å². The lowest BCUT2D eigenvalue weighted by Crippen LogP contribution is -2.65. The second-order valence-corrected chi connectivity index (χ2v) is 16.9. The van der Waals surface area contributed by atoms with Gasteiger partial charge in [0.25, 0.3) is 0 Å². The molecule has 3 fully saturated rings. The number of aromatic nitrogens is 2. The first-order valence-electron chi connectivity index (χ1n) is 16.5. The zero-order valence-corrected chi connectivity index (χ0v) is 27.4. The maximum Gasteiger partial charge on any atom is 0.310 e. The molecular weight excluding hydrogens is 540 g/mol. The first-order valence-corrected chi connectivity index (χ1v) is 16.9. The van der Waals surface area contributed by atoms with Crippen molar-refractivity contribution in [2.45, 2.75) is 105 Å². The first-order chi connectivity index (χ1) is 19.7. The highest BCUT2D eigenvalue weighted by atomic mass is 35.5. The molecule has 1 aromatic heterocycles. The van der Waals surface area contributed by atoms with Crippen LogP contribution in [0.5, 0.6) is 0 Å². The molecule has 3 saturated carbocycles. The molecule has 0 spiro atoms. The molecule has 0 amide bonds. The summed E-state index contributed by atoms with van der Waals surface area (Å²) in [7, 11) is 0. The predicted octanol–water partition coefficient (Wildman–Crippen LogP) is 9.28. The maximum absolute atomic E-state index is 13.0. The van der Waals surface area contributed by atoms with E-state index in [9.17, 15) is 9.90 Å². The van der Waals surface area contributed by atoms with Crippen molar-refractivity contribution in [3.05, 3.63) is 58.4 Å². The van der Waals surface area contributed by atoms with Crippen LogP contribution in [0.3, 0.4) is 0 Å². The molecule has 2 unspecified atom stereocenters. The Balaban J connectivity index is 1.33. The fourth-order valence-corrected chi connectivity index (χ4v) is 12.4. The van der Waals surface area contributed by atoms with Crippen molar-refractivity contribution in [1.82, 2.24) is 9.78 Å². The fourth-order valence-electron chi connectivity index (χ4n) is 12.2. The van der Waals surface area contributed by atoms with E-state index in [1.165, 1.54) is 29.7 Å². The molecule has 5 aliphatic rings. The van der Waals surface area contributed by atoms with Crippen molar-refractivity contribution in [3.63, 3.8) is 0 Å². The highest BCUT2D eigenvalue weighted by molar-refractivity contribution is 6.30. The fraction of sp³-hybridized carbons (Fsp3) is 0.676. The number of fused-ring (bicyclic) bond motifs is 8. The maximum atomic E-state index is 13.0. The Bertz CT molecular complexity index is 1490. The molecule has 7 rings (SSSR count). The summed E-state index contributed by atoms with van der Waals surface area (Å²) in [6.45, 7) is 17.4. The first kappa shape index (κ1) is 28.7. The van der Waals surface area contributed by atoms with Crippen molar-refractivity contribution in [3.8, 4) is 5.69 Å². The number of halogens is 1. The number of hydrogen-bond acceptors (Lipinski definition) is 2. The lowest BCUT2D eigenvalue weighted by Gasteiger charge is -2.70. The van der Waals surface area contributed by atoms with Crippen LogP contribution < -0.4 is 0 Å². The molecule has 5 aliphatic carbocycles. The molecule has 42 heavy (non-hydrogen) atoms. The average molecular weight is 589 g/mol. The number of allylic oxidation sites excluding steroid dienone is 2. The van der Waals surface area contributed by atoms with Crippen LogP contribution in [-0.4, -0.2) is 20.9 Å². The smallest absolute Gasteiger partial charge is 0.310 e. The number of rotatable bonds is 2. The molecular formula is C37H49ClN2O2. The third kappa shape index (κ3) is 3.42. The number of aliphatic carboxylic acids is 1. The van der Waals surface area contributed by atoms with Crippen molar-refractivity contribution < 1.29 is 9.90 Å². The van der Waals surface area contributed by atoms with Crippen LogP contribution in [0.4, 0.5) is 0 Å². The number of carbonyl (C=O) groups is 1. The molecule has 0 bridgehead atoms. The molecule has 4 nitrogen and oxygen atoms in total. The molecule has 5 heteroatoms. The average Bonchev–Trinajstić information content (AvgIpc) is 3.35. The standard InChI is InChI=1S/C37H49ClN2O2/c1-22-13-16-37(32(41)42)18-17-35(6)27(30(37)23(22)2)11-12-29-34(5)20-24-21-39-40(26-10-8-9-25(38)19-26)31(24)33(3,4)28(34)14-15-36(29,35)7/h8-11,19,21-23,28-30H,12-18,20H2,1-7H3,(H,41,42)/t22-,23+,28?,29-,30?,34+,35-,36-,37+/m1/s1. The van der Waals surface area contributed by atoms with Gasteiger partial charge in [-0.1, -0.05) is 77.8 Å². The topological polar surface area (TPSA) is 55.1 Å². The summed E-state index contributed by atoms with van der Waals surface area (Å²) in [5.41, 5.74) is 4.99. The van der Waals surface area contributed by atoms with Crippen LogP contribution in [0.25, 0.3) is 5.69 Å². The molecule has 0 saturated heterocycles. The highest BCUT2D eigenvalue weighted by Gasteiger charge is 2.69. The molecule has 0 aliphatic heterocycles. The van der Waals surface area contributed by atoms with E-state index in [1.807, 2.05) is 18.2 Å².